The molecule has 0 fully saturated rings. The molecule has 28 heavy (non-hydrogen) atoms. The van der Waals surface area contributed by atoms with Gasteiger partial charge in [0, 0.05) is 0 Å². The van der Waals surface area contributed by atoms with Gasteiger partial charge in [0.25, 0.3) is 0 Å². The van der Waals surface area contributed by atoms with E-state index < -0.39 is 11.7 Å². The van der Waals surface area contributed by atoms with E-state index in [2.05, 4.69) is 10.5 Å². The van der Waals surface area contributed by atoms with Gasteiger partial charge in [0.05, 0.1) is 35.7 Å². The van der Waals surface area contributed by atoms with Crippen LogP contribution in [0.5, 0.6) is 11.5 Å². The summed E-state index contributed by atoms with van der Waals surface area (Å²) in [7, 11) is 0. The quantitative estimate of drug-likeness (QED) is 0.410. The van der Waals surface area contributed by atoms with E-state index in [0.29, 0.717) is 46.9 Å². The van der Waals surface area contributed by atoms with Gasteiger partial charge in [-0.15, -0.1) is 0 Å². The molecule has 0 heterocycles. The average molecular weight is 415 g/mol. The van der Waals surface area contributed by atoms with Gasteiger partial charge in [-0.05, 0) is 54.8 Å². The number of hydrogen-bond acceptors (Lipinski definition) is 4. The van der Waals surface area contributed by atoms with Crippen LogP contribution in [0.2, 0.25) is 5.02 Å². The number of ether oxygens (including phenoxy) is 2. The number of hydrazone groups is 1. The number of alkyl halides is 3. The fourth-order valence-corrected chi connectivity index (χ4v) is 2.50. The van der Waals surface area contributed by atoms with Crippen molar-refractivity contribution in [2.45, 2.75) is 26.9 Å². The Morgan fingerprint density at radius 3 is 2.39 bits per heavy atom. The Labute approximate surface area is 167 Å². The second-order valence-corrected chi connectivity index (χ2v) is 6.82. The minimum absolute atomic E-state index is 0.333. The lowest BCUT2D eigenvalue weighted by Gasteiger charge is -2.15. The van der Waals surface area contributed by atoms with Gasteiger partial charge in [-0.3, -0.25) is 5.43 Å². The zero-order chi connectivity index (χ0) is 20.7. The van der Waals surface area contributed by atoms with E-state index in [1.165, 1.54) is 18.3 Å². The summed E-state index contributed by atoms with van der Waals surface area (Å²) in [6.07, 6.45) is -2.87. The lowest BCUT2D eigenvalue weighted by atomic mass is 10.2. The smallest absolute Gasteiger partial charge is 0.416 e. The predicted octanol–water partition coefficient (Wildman–Crippen LogP) is 6.24. The first-order chi connectivity index (χ1) is 13.2. The van der Waals surface area contributed by atoms with Crippen molar-refractivity contribution in [1.82, 2.24) is 0 Å². The number of benzene rings is 2. The molecule has 4 nitrogen and oxygen atoms in total. The number of rotatable bonds is 8. The monoisotopic (exact) mass is 414 g/mol. The molecule has 1 N–H and O–H groups in total. The Bertz CT molecular complexity index is 806. The molecule has 2 rings (SSSR count). The van der Waals surface area contributed by atoms with Gasteiger partial charge in [0.2, 0.25) is 0 Å². The van der Waals surface area contributed by atoms with Crippen LogP contribution in [-0.4, -0.2) is 19.4 Å². The normalized spacial score (nSPS) is 11.9. The van der Waals surface area contributed by atoms with Gasteiger partial charge >= 0.3 is 6.18 Å². The van der Waals surface area contributed by atoms with E-state index in [4.69, 9.17) is 21.1 Å². The van der Waals surface area contributed by atoms with Crippen molar-refractivity contribution < 1.29 is 22.6 Å². The zero-order valence-corrected chi connectivity index (χ0v) is 16.6. The number of anilines is 1. The SMILES string of the molecule is CCOc1cc(C=NNc2ccc(C(F)(F)F)cc2)cc(Cl)c1OCC(C)C. The molecule has 0 radical (unpaired) electrons. The van der Waals surface area contributed by atoms with E-state index in [1.54, 1.807) is 12.1 Å². The summed E-state index contributed by atoms with van der Waals surface area (Å²) in [5, 5.41) is 4.43. The van der Waals surface area contributed by atoms with Crippen LogP contribution < -0.4 is 14.9 Å². The maximum atomic E-state index is 12.6. The third-order valence-corrected chi connectivity index (χ3v) is 3.79. The minimum atomic E-state index is -4.37. The van der Waals surface area contributed by atoms with Crippen molar-refractivity contribution in [3.8, 4) is 11.5 Å². The maximum Gasteiger partial charge on any atom is 0.416 e. The summed E-state index contributed by atoms with van der Waals surface area (Å²) in [6, 6.07) is 8.01. The highest BCUT2D eigenvalue weighted by atomic mass is 35.5. The highest BCUT2D eigenvalue weighted by molar-refractivity contribution is 6.32. The van der Waals surface area contributed by atoms with Crippen LogP contribution in [0.15, 0.2) is 41.5 Å². The molecule has 0 bridgehead atoms. The van der Waals surface area contributed by atoms with Gasteiger partial charge < -0.3 is 9.47 Å². The first-order valence-electron chi connectivity index (χ1n) is 8.76. The van der Waals surface area contributed by atoms with Gasteiger partial charge in [0.1, 0.15) is 0 Å². The molecule has 0 aliphatic rings. The largest absolute Gasteiger partial charge is 0.490 e. The molecule has 0 saturated carbocycles. The fraction of sp³-hybridized carbons (Fsp3) is 0.350. The van der Waals surface area contributed by atoms with E-state index in [1.807, 2.05) is 20.8 Å². The molecule has 0 amide bonds. The summed E-state index contributed by atoms with van der Waals surface area (Å²) in [4.78, 5) is 0. The average Bonchev–Trinajstić information content (AvgIpc) is 2.61. The molecule has 0 saturated heterocycles. The Hall–Kier alpha value is -2.41. The van der Waals surface area contributed by atoms with Gasteiger partial charge in [-0.1, -0.05) is 25.4 Å². The van der Waals surface area contributed by atoms with Crippen LogP contribution >= 0.6 is 11.6 Å². The third-order valence-electron chi connectivity index (χ3n) is 3.51. The topological polar surface area (TPSA) is 42.8 Å². The van der Waals surface area contributed by atoms with Crippen molar-refractivity contribution in [3.05, 3.63) is 52.5 Å². The van der Waals surface area contributed by atoms with Crippen LogP contribution in [-0.2, 0) is 6.18 Å². The number of halogens is 4. The van der Waals surface area contributed by atoms with Gasteiger partial charge in [-0.25, -0.2) is 0 Å². The molecule has 0 spiro atoms. The van der Waals surface area contributed by atoms with Crippen LogP contribution in [0.3, 0.4) is 0 Å². The summed E-state index contributed by atoms with van der Waals surface area (Å²) in [5.74, 6) is 1.32. The maximum absolute atomic E-state index is 12.6. The van der Waals surface area contributed by atoms with Crippen molar-refractivity contribution >= 4 is 23.5 Å². The summed E-state index contributed by atoms with van der Waals surface area (Å²) >= 11 is 6.32. The fourth-order valence-electron chi connectivity index (χ4n) is 2.23. The Balaban J connectivity index is 2.12. The molecule has 152 valence electrons. The Morgan fingerprint density at radius 1 is 1.14 bits per heavy atom. The molecule has 0 unspecified atom stereocenters. The minimum Gasteiger partial charge on any atom is -0.490 e. The number of nitrogens with one attached hydrogen (secondary N) is 1. The summed E-state index contributed by atoms with van der Waals surface area (Å²) in [6.45, 7) is 6.86. The molecule has 0 atom stereocenters. The molecule has 0 aliphatic carbocycles. The van der Waals surface area contributed by atoms with Crippen LogP contribution in [0.25, 0.3) is 0 Å². The first-order valence-corrected chi connectivity index (χ1v) is 9.14. The highest BCUT2D eigenvalue weighted by Gasteiger charge is 2.29. The predicted molar refractivity (Wildman–Crippen MR) is 106 cm³/mol. The molecule has 0 aliphatic heterocycles. The van der Waals surface area contributed by atoms with E-state index in [-0.39, 0.29) is 0 Å². The molecule has 2 aromatic carbocycles. The van der Waals surface area contributed by atoms with E-state index in [9.17, 15) is 13.2 Å². The standard InChI is InChI=1S/C20H22ClF3N2O2/c1-4-27-18-10-14(9-17(21)19(18)28-12-13(2)3)11-25-26-16-7-5-15(6-8-16)20(22,23)24/h5-11,13,26H,4,12H2,1-3H3. The van der Waals surface area contributed by atoms with Crippen LogP contribution in [0.4, 0.5) is 18.9 Å². The van der Waals surface area contributed by atoms with Crippen molar-refractivity contribution in [1.29, 1.82) is 0 Å². The first kappa shape index (κ1) is 21.9. The Morgan fingerprint density at radius 2 is 1.82 bits per heavy atom. The van der Waals surface area contributed by atoms with Crippen molar-refractivity contribution in [2.75, 3.05) is 18.6 Å². The van der Waals surface area contributed by atoms with Crippen LogP contribution in [0, 0.1) is 5.92 Å². The third kappa shape index (κ3) is 6.34. The van der Waals surface area contributed by atoms with Crippen molar-refractivity contribution in [2.24, 2.45) is 11.0 Å². The Kier molecular flexibility index (Phi) is 7.57. The molecular weight excluding hydrogens is 393 g/mol. The van der Waals surface area contributed by atoms with E-state index >= 15 is 0 Å². The number of hydrogen-bond donors (Lipinski definition) is 1. The van der Waals surface area contributed by atoms with Gasteiger partial charge in [-0.2, -0.15) is 18.3 Å². The molecular formula is C20H22ClF3N2O2. The second-order valence-electron chi connectivity index (χ2n) is 6.41. The van der Waals surface area contributed by atoms with Gasteiger partial charge in [0.15, 0.2) is 11.5 Å². The second kappa shape index (κ2) is 9.68. The van der Waals surface area contributed by atoms with E-state index in [0.717, 1.165) is 12.1 Å². The highest BCUT2D eigenvalue weighted by Crippen LogP contribution is 2.36. The summed E-state index contributed by atoms with van der Waals surface area (Å²) < 4.78 is 49.1. The molecule has 8 heteroatoms. The van der Waals surface area contributed by atoms with Crippen molar-refractivity contribution in [3.63, 3.8) is 0 Å². The molecule has 0 aromatic heterocycles. The molecule has 2 aromatic rings. The number of nitrogens with zero attached hydrogens (tertiary/aromatic N) is 1. The van der Waals surface area contributed by atoms with Crippen LogP contribution in [0.1, 0.15) is 31.9 Å². The summed E-state index contributed by atoms with van der Waals surface area (Å²) in [5.41, 5.74) is 3.05. The lowest BCUT2D eigenvalue weighted by Crippen LogP contribution is -2.07. The zero-order valence-electron chi connectivity index (χ0n) is 15.8. The lowest BCUT2D eigenvalue weighted by molar-refractivity contribution is -0.137.